The second kappa shape index (κ2) is 7.84. The van der Waals surface area contributed by atoms with Crippen LogP contribution in [0, 0.1) is 0 Å². The van der Waals surface area contributed by atoms with Gasteiger partial charge in [0.1, 0.15) is 10.8 Å². The van der Waals surface area contributed by atoms with E-state index in [0.717, 1.165) is 22.6 Å². The summed E-state index contributed by atoms with van der Waals surface area (Å²) in [5.41, 5.74) is 0. The molecule has 0 saturated carbocycles. The summed E-state index contributed by atoms with van der Waals surface area (Å²) in [5, 5.41) is 2.70. The lowest BCUT2D eigenvalue weighted by molar-refractivity contribution is -0.125. The lowest BCUT2D eigenvalue weighted by Gasteiger charge is -2.04. The van der Waals surface area contributed by atoms with Gasteiger partial charge in [-0.15, -0.1) is 11.3 Å². The number of rotatable bonds is 8. The first-order chi connectivity index (χ1) is 8.93. The minimum Gasteiger partial charge on any atom is -0.372 e. The molecular formula is C11H16ClNO4S2. The van der Waals surface area contributed by atoms with Gasteiger partial charge in [0.2, 0.25) is 5.91 Å². The molecule has 0 radical (unpaired) electrons. The van der Waals surface area contributed by atoms with Crippen molar-refractivity contribution < 1.29 is 17.9 Å². The molecule has 1 aromatic rings. The van der Waals surface area contributed by atoms with E-state index in [1.807, 2.05) is 6.92 Å². The van der Waals surface area contributed by atoms with Gasteiger partial charge in [-0.2, -0.15) is 0 Å². The van der Waals surface area contributed by atoms with Crippen molar-refractivity contribution >= 4 is 37.0 Å². The first kappa shape index (κ1) is 16.4. The zero-order chi connectivity index (χ0) is 14.3. The fraction of sp³-hybridized carbons (Fsp3) is 0.545. The first-order valence-corrected chi connectivity index (χ1v) is 8.94. The Morgan fingerprint density at radius 2 is 2.21 bits per heavy atom. The topological polar surface area (TPSA) is 72.5 Å². The maximum Gasteiger partial charge on any atom is 0.270 e. The highest BCUT2D eigenvalue weighted by atomic mass is 35.7. The average molecular weight is 326 g/mol. The lowest BCUT2D eigenvalue weighted by atomic mass is 10.3. The van der Waals surface area contributed by atoms with Crippen LogP contribution in [0.4, 0.5) is 0 Å². The van der Waals surface area contributed by atoms with Crippen LogP contribution in [0.25, 0.3) is 0 Å². The quantitative estimate of drug-likeness (QED) is 0.584. The predicted molar refractivity (Wildman–Crippen MR) is 75.2 cm³/mol. The predicted octanol–water partition coefficient (Wildman–Crippen LogP) is 1.76. The molecule has 0 fully saturated rings. The summed E-state index contributed by atoms with van der Waals surface area (Å²) in [7, 11) is 1.57. The van der Waals surface area contributed by atoms with Crippen molar-refractivity contribution in [3.8, 4) is 0 Å². The Bertz CT molecular complexity index is 513. The van der Waals surface area contributed by atoms with Crippen molar-refractivity contribution in [2.45, 2.75) is 24.0 Å². The molecule has 1 aromatic heterocycles. The van der Waals surface area contributed by atoms with Crippen LogP contribution >= 0.6 is 22.0 Å². The minimum absolute atomic E-state index is 0.0551. The summed E-state index contributed by atoms with van der Waals surface area (Å²) < 4.78 is 27.3. The van der Waals surface area contributed by atoms with Gasteiger partial charge in [-0.25, -0.2) is 8.42 Å². The summed E-state index contributed by atoms with van der Waals surface area (Å²) in [5.74, 6) is -0.171. The Kier molecular flexibility index (Phi) is 6.78. The molecule has 0 aliphatic heterocycles. The van der Waals surface area contributed by atoms with E-state index in [1.54, 1.807) is 6.07 Å². The molecule has 8 heteroatoms. The van der Waals surface area contributed by atoms with Gasteiger partial charge < -0.3 is 10.1 Å². The van der Waals surface area contributed by atoms with E-state index in [0.29, 0.717) is 19.6 Å². The molecule has 108 valence electrons. The average Bonchev–Trinajstić information content (AvgIpc) is 2.78. The highest BCUT2D eigenvalue weighted by Gasteiger charge is 2.12. The number of nitrogens with one attached hydrogen (secondary N) is 1. The minimum atomic E-state index is -3.65. The summed E-state index contributed by atoms with van der Waals surface area (Å²) >= 11 is 1.11. The van der Waals surface area contributed by atoms with Crippen LogP contribution in [0.2, 0.25) is 0 Å². The van der Waals surface area contributed by atoms with Crippen LogP contribution in [-0.2, 0) is 25.0 Å². The molecule has 0 aliphatic carbocycles. The summed E-state index contributed by atoms with van der Waals surface area (Å²) in [6.45, 7) is 3.03. The molecule has 0 aromatic carbocycles. The van der Waals surface area contributed by atoms with Gasteiger partial charge in [-0.3, -0.25) is 4.79 Å². The van der Waals surface area contributed by atoms with E-state index >= 15 is 0 Å². The van der Waals surface area contributed by atoms with E-state index in [4.69, 9.17) is 15.4 Å². The van der Waals surface area contributed by atoms with E-state index in [2.05, 4.69) is 5.32 Å². The van der Waals surface area contributed by atoms with Gasteiger partial charge in [-0.05, 0) is 25.0 Å². The number of amides is 1. The van der Waals surface area contributed by atoms with Crippen LogP contribution in [-0.4, -0.2) is 34.1 Å². The van der Waals surface area contributed by atoms with Crippen molar-refractivity contribution in [2.75, 3.05) is 19.8 Å². The fourth-order valence-corrected chi connectivity index (χ4v) is 3.43. The van der Waals surface area contributed by atoms with Crippen molar-refractivity contribution in [2.24, 2.45) is 0 Å². The number of thiophene rings is 1. The van der Waals surface area contributed by atoms with Crippen LogP contribution < -0.4 is 5.32 Å². The van der Waals surface area contributed by atoms with Crippen LogP contribution in [0.5, 0.6) is 0 Å². The standard InChI is InChI=1S/C11H16ClNO4S2/c1-2-7-17-8-10(14)13-6-5-9-3-4-11(18-9)19(12,15)16/h3-4H,2,5-8H2,1H3,(H,13,14). The molecule has 1 rings (SSSR count). The summed E-state index contributed by atoms with van der Waals surface area (Å²) in [6.07, 6.45) is 1.44. The van der Waals surface area contributed by atoms with E-state index in [1.165, 1.54) is 6.07 Å². The number of hydrogen-bond donors (Lipinski definition) is 1. The molecule has 0 saturated heterocycles. The molecule has 0 unspecified atom stereocenters. The van der Waals surface area contributed by atoms with E-state index in [9.17, 15) is 13.2 Å². The molecule has 0 bridgehead atoms. The van der Waals surface area contributed by atoms with Crippen LogP contribution in [0.1, 0.15) is 18.2 Å². The van der Waals surface area contributed by atoms with Crippen molar-refractivity contribution in [1.29, 1.82) is 0 Å². The largest absolute Gasteiger partial charge is 0.372 e. The fourth-order valence-electron chi connectivity index (χ4n) is 1.31. The molecule has 1 heterocycles. The molecule has 19 heavy (non-hydrogen) atoms. The summed E-state index contributed by atoms with van der Waals surface area (Å²) in [6, 6.07) is 3.16. The van der Waals surface area contributed by atoms with Gasteiger partial charge >= 0.3 is 0 Å². The van der Waals surface area contributed by atoms with E-state index in [-0.39, 0.29) is 16.7 Å². The van der Waals surface area contributed by atoms with Crippen molar-refractivity contribution in [1.82, 2.24) is 5.32 Å². The van der Waals surface area contributed by atoms with Crippen molar-refractivity contribution in [3.05, 3.63) is 17.0 Å². The molecule has 0 atom stereocenters. The molecule has 1 amide bonds. The molecule has 0 spiro atoms. The lowest BCUT2D eigenvalue weighted by Crippen LogP contribution is -2.29. The van der Waals surface area contributed by atoms with Gasteiger partial charge in [0.25, 0.3) is 9.05 Å². The molecular weight excluding hydrogens is 310 g/mol. The van der Waals surface area contributed by atoms with Gasteiger partial charge in [0.05, 0.1) is 0 Å². The normalized spacial score (nSPS) is 11.5. The third kappa shape index (κ3) is 6.38. The Hall–Kier alpha value is -0.630. The van der Waals surface area contributed by atoms with Gasteiger partial charge in [0.15, 0.2) is 0 Å². The monoisotopic (exact) mass is 325 g/mol. The SMILES string of the molecule is CCCOCC(=O)NCCc1ccc(S(=O)(=O)Cl)s1. The number of carbonyl (C=O) groups is 1. The Morgan fingerprint density at radius 1 is 1.47 bits per heavy atom. The third-order valence-corrected chi connectivity index (χ3v) is 5.39. The molecule has 0 aliphatic rings. The first-order valence-electron chi connectivity index (χ1n) is 5.81. The third-order valence-electron chi connectivity index (χ3n) is 2.15. The second-order valence-corrected chi connectivity index (χ2v) is 7.77. The molecule has 1 N–H and O–H groups in total. The zero-order valence-corrected chi connectivity index (χ0v) is 12.9. The number of carbonyl (C=O) groups excluding carboxylic acids is 1. The Morgan fingerprint density at radius 3 is 2.79 bits per heavy atom. The Labute approximate surface area is 121 Å². The second-order valence-electron chi connectivity index (χ2n) is 3.81. The van der Waals surface area contributed by atoms with Gasteiger partial charge in [0, 0.05) is 28.7 Å². The van der Waals surface area contributed by atoms with Crippen molar-refractivity contribution in [3.63, 3.8) is 0 Å². The van der Waals surface area contributed by atoms with Crippen LogP contribution in [0.15, 0.2) is 16.3 Å². The number of ether oxygens (including phenoxy) is 1. The molecule has 5 nitrogen and oxygen atoms in total. The summed E-state index contributed by atoms with van der Waals surface area (Å²) in [4.78, 5) is 12.2. The van der Waals surface area contributed by atoms with Gasteiger partial charge in [-0.1, -0.05) is 6.92 Å². The highest BCUT2D eigenvalue weighted by Crippen LogP contribution is 2.24. The van der Waals surface area contributed by atoms with E-state index < -0.39 is 9.05 Å². The maximum atomic E-state index is 11.3. The highest BCUT2D eigenvalue weighted by molar-refractivity contribution is 8.15. The van der Waals surface area contributed by atoms with Crippen LogP contribution in [0.3, 0.4) is 0 Å². The number of hydrogen-bond acceptors (Lipinski definition) is 5. The number of halogens is 1. The zero-order valence-electron chi connectivity index (χ0n) is 10.5. The smallest absolute Gasteiger partial charge is 0.270 e. The maximum absolute atomic E-state index is 11.3. The Balaban J connectivity index is 2.30.